The molecule has 106 valence electrons. The van der Waals surface area contributed by atoms with Gasteiger partial charge in [0.05, 0.1) is 5.41 Å². The van der Waals surface area contributed by atoms with Crippen LogP contribution in [0.3, 0.4) is 0 Å². The van der Waals surface area contributed by atoms with Gasteiger partial charge in [-0.3, -0.25) is 0 Å². The number of carbonyl (C=O) groups is 1. The number of carbonyl (C=O) groups excluding carboxylic acids is 1. The molecule has 2 heteroatoms. The fourth-order valence-electron chi connectivity index (χ4n) is 4.15. The van der Waals surface area contributed by atoms with Crippen LogP contribution in [0.1, 0.15) is 24.0 Å². The lowest BCUT2D eigenvalue weighted by Gasteiger charge is -2.33. The maximum absolute atomic E-state index is 12.2. The second kappa shape index (κ2) is 4.73. The molecule has 4 rings (SSSR count). The number of allylic oxidation sites excluding steroid dienone is 1. The predicted molar refractivity (Wildman–Crippen MR) is 85.3 cm³/mol. The van der Waals surface area contributed by atoms with Crippen LogP contribution in [-0.2, 0) is 16.6 Å². The third kappa shape index (κ3) is 1.75. The summed E-state index contributed by atoms with van der Waals surface area (Å²) in [6, 6.07) is 12.8. The van der Waals surface area contributed by atoms with Crippen LogP contribution in [0.2, 0.25) is 0 Å². The van der Waals surface area contributed by atoms with E-state index in [0.717, 1.165) is 25.8 Å². The molecule has 0 saturated heterocycles. The van der Waals surface area contributed by atoms with Crippen LogP contribution in [0.15, 0.2) is 48.7 Å². The highest BCUT2D eigenvalue weighted by Crippen LogP contribution is 2.47. The Balaban J connectivity index is 1.89. The van der Waals surface area contributed by atoms with Crippen LogP contribution in [-0.4, -0.2) is 12.8 Å². The summed E-state index contributed by atoms with van der Waals surface area (Å²) in [4.78, 5) is 12.2. The molecule has 0 radical (unpaired) electrons. The monoisotopic (exact) mass is 277 g/mol. The Bertz CT molecular complexity index is 718. The number of hydrogen-bond donors (Lipinski definition) is 1. The molecule has 0 fully saturated rings. The van der Waals surface area contributed by atoms with Crippen molar-refractivity contribution in [2.75, 3.05) is 6.54 Å². The van der Waals surface area contributed by atoms with Gasteiger partial charge < -0.3 is 10.1 Å². The fourth-order valence-corrected chi connectivity index (χ4v) is 4.15. The summed E-state index contributed by atoms with van der Waals surface area (Å²) in [6.45, 7) is 0.875. The van der Waals surface area contributed by atoms with Gasteiger partial charge in [-0.2, -0.15) is 0 Å². The molecule has 2 aromatic carbocycles. The second-order valence-corrected chi connectivity index (χ2v) is 6.24. The average molecular weight is 277 g/mol. The lowest BCUT2D eigenvalue weighted by Crippen LogP contribution is -2.41. The summed E-state index contributed by atoms with van der Waals surface area (Å²) in [5.41, 5.74) is 2.20. The number of rotatable bonds is 2. The maximum atomic E-state index is 12.2. The van der Waals surface area contributed by atoms with E-state index in [9.17, 15) is 4.79 Å². The Morgan fingerprint density at radius 2 is 2.05 bits per heavy atom. The first-order valence-electron chi connectivity index (χ1n) is 7.71. The Hall–Kier alpha value is -2.09. The van der Waals surface area contributed by atoms with Gasteiger partial charge in [0, 0.05) is 6.54 Å². The van der Waals surface area contributed by atoms with Crippen molar-refractivity contribution in [1.29, 1.82) is 0 Å². The molecule has 2 aromatic rings. The van der Waals surface area contributed by atoms with Crippen molar-refractivity contribution in [1.82, 2.24) is 5.32 Å². The molecule has 2 unspecified atom stereocenters. The number of hydrogen-bond acceptors (Lipinski definition) is 2. The quantitative estimate of drug-likeness (QED) is 0.853. The number of aldehydes is 1. The molecular formula is C19H19NO. The smallest absolute Gasteiger partial charge is 0.131 e. The van der Waals surface area contributed by atoms with Gasteiger partial charge in [0.25, 0.3) is 0 Å². The van der Waals surface area contributed by atoms with Crippen LogP contribution in [0.5, 0.6) is 0 Å². The topological polar surface area (TPSA) is 29.1 Å². The van der Waals surface area contributed by atoms with Crippen LogP contribution in [0.25, 0.3) is 10.8 Å². The first-order chi connectivity index (χ1) is 10.3. The molecule has 1 aliphatic carbocycles. The van der Waals surface area contributed by atoms with Gasteiger partial charge in [-0.15, -0.1) is 0 Å². The van der Waals surface area contributed by atoms with Gasteiger partial charge in [-0.1, -0.05) is 42.5 Å². The highest BCUT2D eigenvalue weighted by molar-refractivity contribution is 5.96. The van der Waals surface area contributed by atoms with Crippen molar-refractivity contribution in [3.63, 3.8) is 0 Å². The van der Waals surface area contributed by atoms with Gasteiger partial charge in [-0.05, 0) is 53.3 Å². The minimum atomic E-state index is -0.359. The van der Waals surface area contributed by atoms with Gasteiger partial charge in [0.2, 0.25) is 0 Å². The summed E-state index contributed by atoms with van der Waals surface area (Å²) in [5, 5.41) is 5.92. The van der Waals surface area contributed by atoms with Gasteiger partial charge in [-0.25, -0.2) is 0 Å². The summed E-state index contributed by atoms with van der Waals surface area (Å²) >= 11 is 0. The normalized spacial score (nSPS) is 27.3. The van der Waals surface area contributed by atoms with Crippen LogP contribution < -0.4 is 5.32 Å². The largest absolute Gasteiger partial charge is 0.391 e. The molecule has 0 saturated carbocycles. The van der Waals surface area contributed by atoms with E-state index in [1.807, 2.05) is 6.20 Å². The summed E-state index contributed by atoms with van der Waals surface area (Å²) in [6.07, 6.45) is 8.37. The minimum absolute atomic E-state index is 0.350. The van der Waals surface area contributed by atoms with E-state index in [4.69, 9.17) is 0 Å². The molecule has 2 atom stereocenters. The standard InChI is InChI=1S/C19H19NO/c21-13-19(16-8-1-2-10-20-12-16)11-15-7-3-5-14-6-4-9-17(19)18(14)15/h2-7,9-10,13,16,20H,1,8,11-12H2. The van der Waals surface area contributed by atoms with E-state index >= 15 is 0 Å². The van der Waals surface area contributed by atoms with Gasteiger partial charge >= 0.3 is 0 Å². The van der Waals surface area contributed by atoms with E-state index in [0.29, 0.717) is 5.92 Å². The SMILES string of the molecule is O=CC1(C2CCC=CNC2)Cc2cccc3cccc1c23. The minimum Gasteiger partial charge on any atom is -0.391 e. The molecular weight excluding hydrogens is 258 g/mol. The van der Waals surface area contributed by atoms with Crippen molar-refractivity contribution in [3.8, 4) is 0 Å². The van der Waals surface area contributed by atoms with E-state index in [-0.39, 0.29) is 5.41 Å². The fraction of sp³-hybridized carbons (Fsp3) is 0.316. The first-order valence-corrected chi connectivity index (χ1v) is 7.71. The zero-order valence-corrected chi connectivity index (χ0v) is 12.0. The van der Waals surface area contributed by atoms with E-state index in [1.165, 1.54) is 28.2 Å². The number of benzene rings is 2. The lowest BCUT2D eigenvalue weighted by atomic mass is 9.69. The first kappa shape index (κ1) is 12.6. The molecule has 1 N–H and O–H groups in total. The van der Waals surface area contributed by atoms with Crippen molar-refractivity contribution in [3.05, 3.63) is 59.8 Å². The molecule has 21 heavy (non-hydrogen) atoms. The summed E-state index contributed by atoms with van der Waals surface area (Å²) in [5.74, 6) is 0.350. The molecule has 2 nitrogen and oxygen atoms in total. The molecule has 0 amide bonds. The zero-order chi connectivity index (χ0) is 14.3. The van der Waals surface area contributed by atoms with Crippen molar-refractivity contribution in [2.45, 2.75) is 24.7 Å². The Morgan fingerprint density at radius 1 is 1.19 bits per heavy atom. The van der Waals surface area contributed by atoms with Crippen LogP contribution >= 0.6 is 0 Å². The van der Waals surface area contributed by atoms with Gasteiger partial charge in [0.1, 0.15) is 6.29 Å². The molecule has 0 aromatic heterocycles. The van der Waals surface area contributed by atoms with E-state index in [2.05, 4.69) is 47.8 Å². The zero-order valence-electron chi connectivity index (χ0n) is 12.0. The Kier molecular flexibility index (Phi) is 2.85. The van der Waals surface area contributed by atoms with E-state index < -0.39 is 0 Å². The molecule has 0 bridgehead atoms. The number of nitrogens with one attached hydrogen (secondary N) is 1. The second-order valence-electron chi connectivity index (χ2n) is 6.24. The van der Waals surface area contributed by atoms with Crippen molar-refractivity contribution < 1.29 is 4.79 Å². The highest BCUT2D eigenvalue weighted by Gasteiger charge is 2.45. The van der Waals surface area contributed by atoms with Crippen molar-refractivity contribution in [2.24, 2.45) is 5.92 Å². The Labute approximate surface area is 124 Å². The lowest BCUT2D eigenvalue weighted by molar-refractivity contribution is -0.114. The molecule has 1 heterocycles. The predicted octanol–water partition coefficient (Wildman–Crippen LogP) is 3.35. The highest BCUT2D eigenvalue weighted by atomic mass is 16.1. The maximum Gasteiger partial charge on any atom is 0.131 e. The summed E-state index contributed by atoms with van der Waals surface area (Å²) in [7, 11) is 0. The van der Waals surface area contributed by atoms with Crippen LogP contribution in [0.4, 0.5) is 0 Å². The average Bonchev–Trinajstić information content (AvgIpc) is 2.69. The van der Waals surface area contributed by atoms with E-state index in [1.54, 1.807) is 0 Å². The third-order valence-corrected chi connectivity index (χ3v) is 5.20. The molecule has 0 spiro atoms. The summed E-state index contributed by atoms with van der Waals surface area (Å²) < 4.78 is 0. The van der Waals surface area contributed by atoms with Crippen molar-refractivity contribution >= 4 is 17.1 Å². The Morgan fingerprint density at radius 3 is 2.90 bits per heavy atom. The van der Waals surface area contributed by atoms with Crippen LogP contribution in [0, 0.1) is 5.92 Å². The molecule has 1 aliphatic heterocycles. The third-order valence-electron chi connectivity index (χ3n) is 5.20. The van der Waals surface area contributed by atoms with Gasteiger partial charge in [0.15, 0.2) is 0 Å². The molecule has 2 aliphatic rings.